The molecule has 0 aromatic heterocycles. The molecule has 1 aliphatic rings. The molecule has 0 saturated carbocycles. The first-order valence-corrected chi connectivity index (χ1v) is 6.05. The van der Waals surface area contributed by atoms with Crippen molar-refractivity contribution in [1.82, 2.24) is 0 Å². The fourth-order valence-corrected chi connectivity index (χ4v) is 1.72. The molecule has 1 aromatic rings. The second-order valence-corrected chi connectivity index (χ2v) is 4.05. The average Bonchev–Trinajstić information content (AvgIpc) is 2.62. The van der Waals surface area contributed by atoms with Gasteiger partial charge in [-0.2, -0.15) is 0 Å². The average molecular weight is 263 g/mol. The maximum Gasteiger partial charge on any atom is 0.328 e. The molecule has 0 atom stereocenters. The summed E-state index contributed by atoms with van der Waals surface area (Å²) in [6, 6.07) is 8.59. The Morgan fingerprint density at radius 1 is 1.05 bits per heavy atom. The fraction of sp³-hybridized carbons (Fsp3) is 0.286. The van der Waals surface area contributed by atoms with E-state index in [0.29, 0.717) is 12.2 Å². The quantitative estimate of drug-likeness (QED) is 0.712. The standard InChI is InChI=1S/C10H13N.C4H4O4/c1-2-7-10-9(5-1)6-3-4-8-11-10;5-3(6)1-2-4(7)8/h1-2,5,7,11H,3-4,6,8H2;1-2H,(H,5,6)(H,7,8). The molecule has 5 nitrogen and oxygen atoms in total. The molecule has 0 radical (unpaired) electrons. The van der Waals surface area contributed by atoms with Gasteiger partial charge in [0.05, 0.1) is 0 Å². The molecule has 0 bridgehead atoms. The number of fused-ring (bicyclic) bond motifs is 1. The van der Waals surface area contributed by atoms with E-state index in [1.54, 1.807) is 0 Å². The van der Waals surface area contributed by atoms with Crippen LogP contribution in [-0.2, 0) is 16.0 Å². The van der Waals surface area contributed by atoms with E-state index in [0.717, 1.165) is 6.54 Å². The monoisotopic (exact) mass is 263 g/mol. The third-order valence-corrected chi connectivity index (χ3v) is 2.57. The van der Waals surface area contributed by atoms with Crippen molar-refractivity contribution in [1.29, 1.82) is 0 Å². The van der Waals surface area contributed by atoms with Crippen LogP contribution < -0.4 is 5.32 Å². The van der Waals surface area contributed by atoms with Gasteiger partial charge < -0.3 is 15.5 Å². The van der Waals surface area contributed by atoms with Gasteiger partial charge >= 0.3 is 11.9 Å². The van der Waals surface area contributed by atoms with Crippen molar-refractivity contribution in [2.45, 2.75) is 19.3 Å². The minimum atomic E-state index is -1.26. The summed E-state index contributed by atoms with van der Waals surface area (Å²) in [5.41, 5.74) is 2.81. The van der Waals surface area contributed by atoms with Gasteiger partial charge in [-0.15, -0.1) is 0 Å². The summed E-state index contributed by atoms with van der Waals surface area (Å²) < 4.78 is 0. The van der Waals surface area contributed by atoms with E-state index < -0.39 is 11.9 Å². The van der Waals surface area contributed by atoms with Crippen LogP contribution in [0.25, 0.3) is 0 Å². The summed E-state index contributed by atoms with van der Waals surface area (Å²) in [5, 5.41) is 19.0. The van der Waals surface area contributed by atoms with E-state index in [9.17, 15) is 9.59 Å². The molecular weight excluding hydrogens is 246 g/mol. The van der Waals surface area contributed by atoms with E-state index in [2.05, 4.69) is 29.6 Å². The number of hydrogen-bond donors (Lipinski definition) is 3. The lowest BCUT2D eigenvalue weighted by atomic mass is 10.1. The Morgan fingerprint density at radius 2 is 1.68 bits per heavy atom. The number of nitrogens with one attached hydrogen (secondary N) is 1. The molecule has 0 spiro atoms. The smallest absolute Gasteiger partial charge is 0.328 e. The van der Waals surface area contributed by atoms with Gasteiger partial charge in [0, 0.05) is 24.4 Å². The van der Waals surface area contributed by atoms with Crippen LogP contribution in [0.3, 0.4) is 0 Å². The van der Waals surface area contributed by atoms with Crippen molar-refractivity contribution in [2.75, 3.05) is 11.9 Å². The zero-order valence-electron chi connectivity index (χ0n) is 10.5. The van der Waals surface area contributed by atoms with Gasteiger partial charge in [0.1, 0.15) is 0 Å². The Hall–Kier alpha value is -2.30. The van der Waals surface area contributed by atoms with Gasteiger partial charge in [-0.1, -0.05) is 18.2 Å². The molecule has 2 rings (SSSR count). The van der Waals surface area contributed by atoms with Crippen molar-refractivity contribution in [3.05, 3.63) is 42.0 Å². The molecular formula is C14H17NO4. The van der Waals surface area contributed by atoms with Crippen LogP contribution in [0.2, 0.25) is 0 Å². The number of benzene rings is 1. The predicted molar refractivity (Wildman–Crippen MR) is 72.3 cm³/mol. The molecule has 0 amide bonds. The molecule has 19 heavy (non-hydrogen) atoms. The summed E-state index contributed by atoms with van der Waals surface area (Å²) in [4.78, 5) is 19.1. The lowest BCUT2D eigenvalue weighted by Crippen LogP contribution is -1.98. The summed E-state index contributed by atoms with van der Waals surface area (Å²) in [7, 11) is 0. The van der Waals surface area contributed by atoms with Crippen LogP contribution in [0.1, 0.15) is 18.4 Å². The number of para-hydroxylation sites is 1. The maximum absolute atomic E-state index is 9.55. The van der Waals surface area contributed by atoms with Gasteiger partial charge in [-0.05, 0) is 30.9 Å². The highest BCUT2D eigenvalue weighted by molar-refractivity contribution is 5.89. The van der Waals surface area contributed by atoms with Gasteiger partial charge in [-0.25, -0.2) is 9.59 Å². The number of carboxylic acid groups (broad SMARTS) is 2. The Balaban J connectivity index is 0.000000203. The van der Waals surface area contributed by atoms with Crippen molar-refractivity contribution < 1.29 is 19.8 Å². The fourth-order valence-electron chi connectivity index (χ4n) is 1.72. The van der Waals surface area contributed by atoms with E-state index in [1.165, 1.54) is 30.5 Å². The summed E-state index contributed by atoms with van der Waals surface area (Å²) in [5.74, 6) is -2.51. The second kappa shape index (κ2) is 7.92. The number of anilines is 1. The minimum Gasteiger partial charge on any atom is -0.478 e. The van der Waals surface area contributed by atoms with E-state index in [-0.39, 0.29) is 0 Å². The Labute approximate surface area is 111 Å². The minimum absolute atomic E-state index is 0.558. The first kappa shape index (κ1) is 14.8. The molecule has 0 aliphatic carbocycles. The van der Waals surface area contributed by atoms with Crippen LogP contribution in [0, 0.1) is 0 Å². The number of carboxylic acids is 2. The van der Waals surface area contributed by atoms with Gasteiger partial charge in [-0.3, -0.25) is 0 Å². The van der Waals surface area contributed by atoms with Gasteiger partial charge in [0.15, 0.2) is 0 Å². The Kier molecular flexibility index (Phi) is 6.15. The Morgan fingerprint density at radius 3 is 2.32 bits per heavy atom. The molecule has 102 valence electrons. The lowest BCUT2D eigenvalue weighted by Gasteiger charge is -2.04. The lowest BCUT2D eigenvalue weighted by molar-refractivity contribution is -0.134. The van der Waals surface area contributed by atoms with Crippen LogP contribution in [0.15, 0.2) is 36.4 Å². The first-order chi connectivity index (χ1) is 9.09. The third kappa shape index (κ3) is 6.26. The number of aryl methyl sites for hydroxylation is 1. The van der Waals surface area contributed by atoms with E-state index >= 15 is 0 Å². The number of carbonyl (C=O) groups is 2. The topological polar surface area (TPSA) is 86.6 Å². The van der Waals surface area contributed by atoms with E-state index in [1.807, 2.05) is 0 Å². The first-order valence-electron chi connectivity index (χ1n) is 6.05. The molecule has 1 heterocycles. The van der Waals surface area contributed by atoms with Crippen LogP contribution in [0.5, 0.6) is 0 Å². The molecule has 1 aliphatic heterocycles. The molecule has 0 unspecified atom stereocenters. The van der Waals surface area contributed by atoms with Crippen molar-refractivity contribution in [3.63, 3.8) is 0 Å². The largest absolute Gasteiger partial charge is 0.478 e. The molecule has 3 N–H and O–H groups in total. The number of rotatable bonds is 2. The predicted octanol–water partition coefficient (Wildman–Crippen LogP) is 2.15. The van der Waals surface area contributed by atoms with Crippen LogP contribution in [-0.4, -0.2) is 28.7 Å². The molecule has 0 saturated heterocycles. The highest BCUT2D eigenvalue weighted by Crippen LogP contribution is 2.19. The highest BCUT2D eigenvalue weighted by Gasteiger charge is 2.04. The SMILES string of the molecule is O=C(O)C=CC(=O)O.c1ccc2c(c1)CCCCN2. The number of hydrogen-bond acceptors (Lipinski definition) is 3. The molecule has 0 fully saturated rings. The van der Waals surface area contributed by atoms with Crippen molar-refractivity contribution in [2.24, 2.45) is 0 Å². The summed E-state index contributed by atoms with van der Waals surface area (Å²) >= 11 is 0. The van der Waals surface area contributed by atoms with Crippen molar-refractivity contribution >= 4 is 17.6 Å². The summed E-state index contributed by atoms with van der Waals surface area (Å²) in [6.45, 7) is 1.14. The zero-order chi connectivity index (χ0) is 14.1. The second-order valence-electron chi connectivity index (χ2n) is 4.05. The highest BCUT2D eigenvalue weighted by atomic mass is 16.4. The van der Waals surface area contributed by atoms with E-state index in [4.69, 9.17) is 10.2 Å². The normalized spacial score (nSPS) is 13.5. The number of aliphatic carboxylic acids is 2. The third-order valence-electron chi connectivity index (χ3n) is 2.57. The summed E-state index contributed by atoms with van der Waals surface area (Å²) in [6.07, 6.45) is 4.98. The van der Waals surface area contributed by atoms with Gasteiger partial charge in [0.2, 0.25) is 0 Å². The maximum atomic E-state index is 9.55. The molecule has 1 aromatic carbocycles. The Bertz CT molecular complexity index is 427. The van der Waals surface area contributed by atoms with Crippen LogP contribution >= 0.6 is 0 Å². The van der Waals surface area contributed by atoms with Crippen LogP contribution in [0.4, 0.5) is 5.69 Å². The van der Waals surface area contributed by atoms with Gasteiger partial charge in [0.25, 0.3) is 0 Å². The molecule has 5 heteroatoms. The van der Waals surface area contributed by atoms with Crippen molar-refractivity contribution in [3.8, 4) is 0 Å². The zero-order valence-corrected chi connectivity index (χ0v) is 10.5.